The summed E-state index contributed by atoms with van der Waals surface area (Å²) >= 11 is 0. The van der Waals surface area contributed by atoms with E-state index in [-0.39, 0.29) is 5.75 Å². The van der Waals surface area contributed by atoms with Crippen molar-refractivity contribution >= 4 is 5.95 Å². The van der Waals surface area contributed by atoms with Crippen molar-refractivity contribution in [2.75, 3.05) is 12.4 Å². The number of nitrogens with one attached hydrogen (secondary N) is 1. The number of anilines is 1. The fourth-order valence-electron chi connectivity index (χ4n) is 1.28. The molecule has 0 spiro atoms. The summed E-state index contributed by atoms with van der Waals surface area (Å²) < 4.78 is 18.8. The van der Waals surface area contributed by atoms with Crippen molar-refractivity contribution in [3.8, 4) is 11.6 Å². The number of benzene rings is 1. The third kappa shape index (κ3) is 2.50. The quantitative estimate of drug-likeness (QED) is 0.885. The summed E-state index contributed by atoms with van der Waals surface area (Å²) in [5.41, 5.74) is 0.743. The first-order valence-electron chi connectivity index (χ1n) is 5.14. The van der Waals surface area contributed by atoms with E-state index in [1.807, 2.05) is 0 Å². The van der Waals surface area contributed by atoms with E-state index < -0.39 is 5.82 Å². The molecular formula is C12H12FN3O. The minimum atomic E-state index is -0.420. The highest BCUT2D eigenvalue weighted by Crippen LogP contribution is 2.25. The third-order valence-corrected chi connectivity index (χ3v) is 2.19. The first-order chi connectivity index (χ1) is 8.20. The molecule has 0 saturated carbocycles. The minimum Gasteiger partial charge on any atom is -0.435 e. The molecule has 1 N–H and O–H groups in total. The van der Waals surface area contributed by atoms with Gasteiger partial charge in [-0.1, -0.05) is 12.1 Å². The highest BCUT2D eigenvalue weighted by Gasteiger charge is 2.08. The lowest BCUT2D eigenvalue weighted by Gasteiger charge is -2.08. The number of aryl methyl sites for hydroxylation is 1. The van der Waals surface area contributed by atoms with Crippen LogP contribution in [-0.4, -0.2) is 17.0 Å². The molecule has 5 heteroatoms. The van der Waals surface area contributed by atoms with Gasteiger partial charge in [-0.25, -0.2) is 9.37 Å². The predicted octanol–water partition coefficient (Wildman–Crippen LogP) is 2.76. The molecular weight excluding hydrogens is 221 g/mol. The zero-order valence-electron chi connectivity index (χ0n) is 9.57. The molecule has 88 valence electrons. The van der Waals surface area contributed by atoms with Gasteiger partial charge in [0, 0.05) is 18.8 Å². The van der Waals surface area contributed by atoms with Crippen LogP contribution in [0.15, 0.2) is 30.5 Å². The van der Waals surface area contributed by atoms with Crippen LogP contribution < -0.4 is 10.1 Å². The lowest BCUT2D eigenvalue weighted by atomic mass is 10.3. The Morgan fingerprint density at radius 2 is 2.06 bits per heavy atom. The Labute approximate surface area is 98.5 Å². The monoisotopic (exact) mass is 233 g/mol. The second kappa shape index (κ2) is 4.78. The molecule has 0 amide bonds. The molecule has 0 saturated heterocycles. The predicted molar refractivity (Wildman–Crippen MR) is 62.8 cm³/mol. The van der Waals surface area contributed by atoms with E-state index >= 15 is 0 Å². The van der Waals surface area contributed by atoms with Gasteiger partial charge in [-0.15, -0.1) is 0 Å². The van der Waals surface area contributed by atoms with Crippen LogP contribution >= 0.6 is 0 Å². The van der Waals surface area contributed by atoms with Crippen molar-refractivity contribution in [2.24, 2.45) is 0 Å². The Hall–Kier alpha value is -2.17. The second-order valence-electron chi connectivity index (χ2n) is 3.46. The number of para-hydroxylation sites is 1. The van der Waals surface area contributed by atoms with Gasteiger partial charge in [0.25, 0.3) is 0 Å². The fourth-order valence-corrected chi connectivity index (χ4v) is 1.28. The van der Waals surface area contributed by atoms with E-state index in [1.165, 1.54) is 6.07 Å². The fraction of sp³-hybridized carbons (Fsp3) is 0.167. The lowest BCUT2D eigenvalue weighted by molar-refractivity contribution is 0.424. The maximum Gasteiger partial charge on any atom is 0.227 e. The number of nitrogens with zero attached hydrogens (tertiary/aromatic N) is 2. The zero-order chi connectivity index (χ0) is 12.3. The van der Waals surface area contributed by atoms with Gasteiger partial charge in [0.05, 0.1) is 0 Å². The average molecular weight is 233 g/mol. The van der Waals surface area contributed by atoms with Crippen LogP contribution in [-0.2, 0) is 0 Å². The lowest BCUT2D eigenvalue weighted by Crippen LogP contribution is -2.00. The maximum absolute atomic E-state index is 13.4. The van der Waals surface area contributed by atoms with Crippen LogP contribution in [0.3, 0.4) is 0 Å². The van der Waals surface area contributed by atoms with Crippen molar-refractivity contribution in [3.63, 3.8) is 0 Å². The van der Waals surface area contributed by atoms with E-state index in [2.05, 4.69) is 15.3 Å². The van der Waals surface area contributed by atoms with Gasteiger partial charge in [0.2, 0.25) is 11.8 Å². The third-order valence-electron chi connectivity index (χ3n) is 2.19. The van der Waals surface area contributed by atoms with Crippen molar-refractivity contribution in [3.05, 3.63) is 41.8 Å². The van der Waals surface area contributed by atoms with Crippen LogP contribution in [0, 0.1) is 12.7 Å². The Balaban J connectivity index is 2.32. The Bertz CT molecular complexity index is 531. The molecule has 2 rings (SSSR count). The number of ether oxygens (including phenoxy) is 1. The summed E-state index contributed by atoms with van der Waals surface area (Å²) in [6, 6.07) is 6.20. The van der Waals surface area contributed by atoms with Gasteiger partial charge in [-0.05, 0) is 19.1 Å². The largest absolute Gasteiger partial charge is 0.435 e. The van der Waals surface area contributed by atoms with E-state index in [0.29, 0.717) is 11.8 Å². The molecule has 1 heterocycles. The van der Waals surface area contributed by atoms with Gasteiger partial charge in [-0.2, -0.15) is 4.98 Å². The molecule has 0 bridgehead atoms. The summed E-state index contributed by atoms with van der Waals surface area (Å²) in [6.45, 7) is 1.80. The number of halogens is 1. The second-order valence-corrected chi connectivity index (χ2v) is 3.46. The normalized spacial score (nSPS) is 10.1. The molecule has 0 fully saturated rings. The number of aromatic nitrogens is 2. The molecule has 4 nitrogen and oxygen atoms in total. The van der Waals surface area contributed by atoms with Gasteiger partial charge in [0.1, 0.15) is 0 Å². The summed E-state index contributed by atoms with van der Waals surface area (Å²) in [4.78, 5) is 8.14. The van der Waals surface area contributed by atoms with Gasteiger partial charge < -0.3 is 10.1 Å². The summed E-state index contributed by atoms with van der Waals surface area (Å²) in [5, 5.41) is 2.80. The molecule has 1 aromatic carbocycles. The summed E-state index contributed by atoms with van der Waals surface area (Å²) in [6.07, 6.45) is 1.62. The highest BCUT2D eigenvalue weighted by molar-refractivity contribution is 5.36. The minimum absolute atomic E-state index is 0.149. The molecule has 0 radical (unpaired) electrons. The van der Waals surface area contributed by atoms with Crippen molar-refractivity contribution in [1.82, 2.24) is 9.97 Å². The van der Waals surface area contributed by atoms with E-state index in [0.717, 1.165) is 5.56 Å². The Morgan fingerprint density at radius 3 is 2.76 bits per heavy atom. The highest BCUT2D eigenvalue weighted by atomic mass is 19.1. The summed E-state index contributed by atoms with van der Waals surface area (Å²) in [5.74, 6) is 0.504. The number of hydrogen-bond donors (Lipinski definition) is 1. The van der Waals surface area contributed by atoms with Gasteiger partial charge in [0.15, 0.2) is 11.6 Å². The first kappa shape index (κ1) is 11.3. The van der Waals surface area contributed by atoms with E-state index in [4.69, 9.17) is 4.74 Å². The standard InChI is InChI=1S/C12H12FN3O/c1-8-7-15-12(14-2)16-11(8)17-10-6-4-3-5-9(10)13/h3-7H,1-2H3,(H,14,15,16). The van der Waals surface area contributed by atoms with Crippen molar-refractivity contribution in [1.29, 1.82) is 0 Å². The van der Waals surface area contributed by atoms with E-state index in [9.17, 15) is 4.39 Å². The average Bonchev–Trinajstić information content (AvgIpc) is 2.35. The van der Waals surface area contributed by atoms with Crippen LogP contribution in [0.4, 0.5) is 10.3 Å². The molecule has 0 aliphatic rings. The Kier molecular flexibility index (Phi) is 3.18. The molecule has 0 atom stereocenters. The SMILES string of the molecule is CNc1ncc(C)c(Oc2ccccc2F)n1. The van der Waals surface area contributed by atoms with Crippen LogP contribution in [0.25, 0.3) is 0 Å². The topological polar surface area (TPSA) is 47.0 Å². The van der Waals surface area contributed by atoms with Crippen LogP contribution in [0.1, 0.15) is 5.56 Å². The van der Waals surface area contributed by atoms with Gasteiger partial charge >= 0.3 is 0 Å². The molecule has 0 aliphatic carbocycles. The molecule has 17 heavy (non-hydrogen) atoms. The Morgan fingerprint density at radius 1 is 1.29 bits per heavy atom. The van der Waals surface area contributed by atoms with Gasteiger partial charge in [-0.3, -0.25) is 0 Å². The molecule has 0 aliphatic heterocycles. The maximum atomic E-state index is 13.4. The van der Waals surface area contributed by atoms with Crippen molar-refractivity contribution < 1.29 is 9.13 Å². The molecule has 2 aromatic rings. The zero-order valence-corrected chi connectivity index (χ0v) is 9.57. The number of rotatable bonds is 3. The smallest absolute Gasteiger partial charge is 0.227 e. The van der Waals surface area contributed by atoms with Crippen LogP contribution in [0.2, 0.25) is 0 Å². The molecule has 1 aromatic heterocycles. The first-order valence-corrected chi connectivity index (χ1v) is 5.14. The van der Waals surface area contributed by atoms with Crippen molar-refractivity contribution in [2.45, 2.75) is 6.92 Å². The molecule has 0 unspecified atom stereocenters. The number of hydrogen-bond acceptors (Lipinski definition) is 4. The van der Waals surface area contributed by atoms with Crippen LogP contribution in [0.5, 0.6) is 11.6 Å². The summed E-state index contributed by atoms with van der Waals surface area (Å²) in [7, 11) is 1.71. The van der Waals surface area contributed by atoms with E-state index in [1.54, 1.807) is 38.4 Å².